The van der Waals surface area contributed by atoms with E-state index in [1.54, 1.807) is 0 Å². The number of hydrogen-bond acceptors (Lipinski definition) is 3. The predicted molar refractivity (Wildman–Crippen MR) is 40.2 cm³/mol. The van der Waals surface area contributed by atoms with Crippen LogP contribution >= 0.6 is 0 Å². The minimum absolute atomic E-state index is 0.108. The second-order valence-corrected chi connectivity index (χ2v) is 2.71. The molecule has 0 aliphatic carbocycles. The first kappa shape index (κ1) is 8.53. The Labute approximate surface area is 66.7 Å². The number of carbonyl (C=O) groups is 1. The molecule has 1 atom stereocenters. The topological polar surface area (TPSA) is 35.5 Å². The van der Waals surface area contributed by atoms with E-state index in [9.17, 15) is 4.79 Å². The van der Waals surface area contributed by atoms with E-state index >= 15 is 0 Å². The zero-order valence-electron chi connectivity index (χ0n) is 6.84. The Kier molecular flexibility index (Phi) is 3.36. The van der Waals surface area contributed by atoms with Gasteiger partial charge in [0.15, 0.2) is 0 Å². The van der Waals surface area contributed by atoms with Gasteiger partial charge in [-0.1, -0.05) is 6.92 Å². The third-order valence-electron chi connectivity index (χ3n) is 1.68. The summed E-state index contributed by atoms with van der Waals surface area (Å²) in [5.41, 5.74) is 0. The molecule has 0 aromatic carbocycles. The molecule has 0 N–H and O–H groups in total. The molecule has 11 heavy (non-hydrogen) atoms. The Morgan fingerprint density at radius 3 is 2.91 bits per heavy atom. The molecule has 1 saturated heterocycles. The average Bonchev–Trinajstić information content (AvgIpc) is 1.85. The lowest BCUT2D eigenvalue weighted by atomic mass is 10.2. The number of ether oxygens (including phenoxy) is 2. The molecule has 1 fully saturated rings. The van der Waals surface area contributed by atoms with Crippen LogP contribution in [0.25, 0.3) is 0 Å². The Morgan fingerprint density at radius 1 is 1.73 bits per heavy atom. The number of hydrogen-bond donors (Lipinski definition) is 0. The summed E-state index contributed by atoms with van der Waals surface area (Å²) in [6, 6.07) is 0. The Balaban J connectivity index is 1.96. The van der Waals surface area contributed by atoms with E-state index in [4.69, 9.17) is 9.47 Å². The smallest absolute Gasteiger partial charge is 0.305 e. The first-order valence-electron chi connectivity index (χ1n) is 4.10. The molecule has 1 rings (SSSR count). The SMILES string of the molecule is CCCC(=O)OCC1CCO1. The molecule has 1 aliphatic heterocycles. The van der Waals surface area contributed by atoms with Crippen molar-refractivity contribution in [1.29, 1.82) is 0 Å². The van der Waals surface area contributed by atoms with Crippen molar-refractivity contribution in [1.82, 2.24) is 0 Å². The fourth-order valence-corrected chi connectivity index (χ4v) is 0.878. The molecule has 0 amide bonds. The molecule has 3 heteroatoms. The zero-order chi connectivity index (χ0) is 8.10. The Bertz CT molecular complexity index is 129. The van der Waals surface area contributed by atoms with E-state index < -0.39 is 0 Å². The van der Waals surface area contributed by atoms with Gasteiger partial charge in [0.25, 0.3) is 0 Å². The largest absolute Gasteiger partial charge is 0.463 e. The number of carbonyl (C=O) groups excluding carboxylic acids is 1. The maximum absolute atomic E-state index is 10.8. The lowest BCUT2D eigenvalue weighted by Gasteiger charge is -2.25. The lowest BCUT2D eigenvalue weighted by molar-refractivity contribution is -0.154. The third-order valence-corrected chi connectivity index (χ3v) is 1.68. The van der Waals surface area contributed by atoms with Gasteiger partial charge in [-0.15, -0.1) is 0 Å². The van der Waals surface area contributed by atoms with E-state index in [0.717, 1.165) is 19.4 Å². The lowest BCUT2D eigenvalue weighted by Crippen LogP contribution is -2.32. The summed E-state index contributed by atoms with van der Waals surface area (Å²) in [6.07, 6.45) is 2.58. The summed E-state index contributed by atoms with van der Waals surface area (Å²) in [5, 5.41) is 0. The minimum Gasteiger partial charge on any atom is -0.463 e. The van der Waals surface area contributed by atoms with Crippen LogP contribution in [0.15, 0.2) is 0 Å². The van der Waals surface area contributed by atoms with Gasteiger partial charge in [-0.2, -0.15) is 0 Å². The number of esters is 1. The summed E-state index contributed by atoms with van der Waals surface area (Å²) in [4.78, 5) is 10.8. The van der Waals surface area contributed by atoms with Crippen LogP contribution in [0.1, 0.15) is 26.2 Å². The third kappa shape index (κ3) is 2.89. The van der Waals surface area contributed by atoms with Crippen LogP contribution < -0.4 is 0 Å². The Morgan fingerprint density at radius 2 is 2.45 bits per heavy atom. The van der Waals surface area contributed by atoms with Crippen molar-refractivity contribution in [2.24, 2.45) is 0 Å². The molecule has 0 bridgehead atoms. The van der Waals surface area contributed by atoms with Crippen molar-refractivity contribution in [3.8, 4) is 0 Å². The molecule has 1 heterocycles. The zero-order valence-corrected chi connectivity index (χ0v) is 6.84. The summed E-state index contributed by atoms with van der Waals surface area (Å²) < 4.78 is 10.0. The molecule has 1 unspecified atom stereocenters. The van der Waals surface area contributed by atoms with Crippen LogP contribution in [0, 0.1) is 0 Å². The standard InChI is InChI=1S/C8H14O3/c1-2-3-8(9)11-6-7-4-5-10-7/h7H,2-6H2,1H3. The van der Waals surface area contributed by atoms with Crippen LogP contribution in [0.3, 0.4) is 0 Å². The van der Waals surface area contributed by atoms with Crippen molar-refractivity contribution < 1.29 is 14.3 Å². The first-order valence-corrected chi connectivity index (χ1v) is 4.10. The van der Waals surface area contributed by atoms with Gasteiger partial charge in [0, 0.05) is 19.4 Å². The summed E-state index contributed by atoms with van der Waals surface area (Å²) in [7, 11) is 0. The molecule has 64 valence electrons. The summed E-state index contributed by atoms with van der Waals surface area (Å²) in [6.45, 7) is 3.22. The van der Waals surface area contributed by atoms with Gasteiger partial charge >= 0.3 is 5.97 Å². The van der Waals surface area contributed by atoms with Gasteiger partial charge in [0.05, 0.1) is 6.10 Å². The van der Waals surface area contributed by atoms with Gasteiger partial charge in [0.2, 0.25) is 0 Å². The van der Waals surface area contributed by atoms with Gasteiger partial charge in [-0.25, -0.2) is 0 Å². The number of rotatable bonds is 4. The van der Waals surface area contributed by atoms with E-state index in [1.807, 2.05) is 6.92 Å². The quantitative estimate of drug-likeness (QED) is 0.575. The van der Waals surface area contributed by atoms with Crippen molar-refractivity contribution >= 4 is 5.97 Å². The fourth-order valence-electron chi connectivity index (χ4n) is 0.878. The van der Waals surface area contributed by atoms with E-state index in [-0.39, 0.29) is 12.1 Å². The van der Waals surface area contributed by atoms with Crippen LogP contribution in [0.5, 0.6) is 0 Å². The van der Waals surface area contributed by atoms with Crippen molar-refractivity contribution in [3.63, 3.8) is 0 Å². The van der Waals surface area contributed by atoms with E-state index in [2.05, 4.69) is 0 Å². The minimum atomic E-state index is -0.108. The van der Waals surface area contributed by atoms with Gasteiger partial charge in [0.1, 0.15) is 6.61 Å². The maximum atomic E-state index is 10.8. The van der Waals surface area contributed by atoms with Crippen LogP contribution in [-0.2, 0) is 14.3 Å². The molecular formula is C8H14O3. The molecule has 3 nitrogen and oxygen atoms in total. The first-order chi connectivity index (χ1) is 5.33. The molecule has 0 saturated carbocycles. The van der Waals surface area contributed by atoms with Crippen molar-refractivity contribution in [3.05, 3.63) is 0 Å². The highest BCUT2D eigenvalue weighted by molar-refractivity contribution is 5.69. The van der Waals surface area contributed by atoms with Crippen LogP contribution in [-0.4, -0.2) is 25.3 Å². The molecular weight excluding hydrogens is 144 g/mol. The monoisotopic (exact) mass is 158 g/mol. The van der Waals surface area contributed by atoms with E-state index in [1.165, 1.54) is 0 Å². The maximum Gasteiger partial charge on any atom is 0.305 e. The van der Waals surface area contributed by atoms with Crippen molar-refractivity contribution in [2.45, 2.75) is 32.3 Å². The molecule has 1 aliphatic rings. The highest BCUT2D eigenvalue weighted by Crippen LogP contribution is 2.10. The van der Waals surface area contributed by atoms with Gasteiger partial charge in [-0.3, -0.25) is 4.79 Å². The average molecular weight is 158 g/mol. The predicted octanol–water partition coefficient (Wildman–Crippen LogP) is 1.12. The molecule has 0 spiro atoms. The normalized spacial score (nSPS) is 22.5. The highest BCUT2D eigenvalue weighted by atomic mass is 16.6. The molecule has 0 radical (unpaired) electrons. The summed E-state index contributed by atoms with van der Waals surface area (Å²) in [5.74, 6) is -0.108. The second kappa shape index (κ2) is 4.34. The Hall–Kier alpha value is -0.570. The molecule has 0 aromatic rings. The van der Waals surface area contributed by atoms with Crippen LogP contribution in [0.2, 0.25) is 0 Å². The van der Waals surface area contributed by atoms with Crippen LogP contribution in [0.4, 0.5) is 0 Å². The highest BCUT2D eigenvalue weighted by Gasteiger charge is 2.19. The van der Waals surface area contributed by atoms with Crippen molar-refractivity contribution in [2.75, 3.05) is 13.2 Å². The fraction of sp³-hybridized carbons (Fsp3) is 0.875. The van der Waals surface area contributed by atoms with Gasteiger partial charge < -0.3 is 9.47 Å². The molecule has 0 aromatic heterocycles. The second-order valence-electron chi connectivity index (χ2n) is 2.71. The van der Waals surface area contributed by atoms with E-state index in [0.29, 0.717) is 13.0 Å². The summed E-state index contributed by atoms with van der Waals surface area (Å²) >= 11 is 0. The van der Waals surface area contributed by atoms with Gasteiger partial charge in [-0.05, 0) is 6.42 Å².